The lowest BCUT2D eigenvalue weighted by atomic mass is 10.3. The molecular formula is C15H24N2S. The maximum atomic E-state index is 5.40. The second-order valence-electron chi connectivity index (χ2n) is 4.46. The molecule has 0 spiro atoms. The average molecular weight is 264 g/mol. The van der Waals surface area contributed by atoms with Crippen molar-refractivity contribution in [2.45, 2.75) is 39.8 Å². The second-order valence-corrected chi connectivity index (χ2v) is 5.71. The molecule has 0 aromatic carbocycles. The Balaban J connectivity index is 2.43. The van der Waals surface area contributed by atoms with Crippen LogP contribution < -0.4 is 5.32 Å². The SMILES string of the molecule is C#CCN(CCC)Cc1ccc(CNCCC)s1. The van der Waals surface area contributed by atoms with Crippen molar-refractivity contribution in [1.29, 1.82) is 0 Å². The third-order valence-electron chi connectivity index (χ3n) is 2.68. The van der Waals surface area contributed by atoms with E-state index in [0.717, 1.165) is 39.1 Å². The van der Waals surface area contributed by atoms with Crippen LogP contribution in [0, 0.1) is 12.3 Å². The van der Waals surface area contributed by atoms with Crippen molar-refractivity contribution in [3.8, 4) is 12.3 Å². The summed E-state index contributed by atoms with van der Waals surface area (Å²) in [5, 5.41) is 3.43. The highest BCUT2D eigenvalue weighted by Gasteiger charge is 2.06. The largest absolute Gasteiger partial charge is 0.312 e. The maximum absolute atomic E-state index is 5.40. The van der Waals surface area contributed by atoms with Crippen LogP contribution >= 0.6 is 11.3 Å². The molecule has 1 N–H and O–H groups in total. The fourth-order valence-corrected chi connectivity index (χ4v) is 2.90. The quantitative estimate of drug-likeness (QED) is 0.544. The van der Waals surface area contributed by atoms with E-state index in [0.29, 0.717) is 0 Å². The predicted molar refractivity (Wildman–Crippen MR) is 80.7 cm³/mol. The summed E-state index contributed by atoms with van der Waals surface area (Å²) in [6.07, 6.45) is 7.74. The van der Waals surface area contributed by atoms with Crippen LogP contribution in [0.1, 0.15) is 36.4 Å². The van der Waals surface area contributed by atoms with E-state index in [9.17, 15) is 0 Å². The Morgan fingerprint density at radius 2 is 2.06 bits per heavy atom. The number of rotatable bonds is 9. The van der Waals surface area contributed by atoms with E-state index in [-0.39, 0.29) is 0 Å². The van der Waals surface area contributed by atoms with Crippen LogP contribution in [0.15, 0.2) is 12.1 Å². The summed E-state index contributed by atoms with van der Waals surface area (Å²) < 4.78 is 0. The van der Waals surface area contributed by atoms with Gasteiger partial charge in [0.2, 0.25) is 0 Å². The zero-order chi connectivity index (χ0) is 13.2. The van der Waals surface area contributed by atoms with E-state index in [1.807, 2.05) is 11.3 Å². The highest BCUT2D eigenvalue weighted by Crippen LogP contribution is 2.18. The summed E-state index contributed by atoms with van der Waals surface area (Å²) in [7, 11) is 0. The van der Waals surface area contributed by atoms with Crippen LogP contribution in [-0.4, -0.2) is 24.5 Å². The van der Waals surface area contributed by atoms with Gasteiger partial charge in [-0.1, -0.05) is 19.8 Å². The van der Waals surface area contributed by atoms with Crippen LogP contribution in [0.4, 0.5) is 0 Å². The molecule has 0 saturated heterocycles. The molecule has 0 bridgehead atoms. The summed E-state index contributed by atoms with van der Waals surface area (Å²) >= 11 is 1.89. The van der Waals surface area contributed by atoms with Gasteiger partial charge in [0.1, 0.15) is 0 Å². The van der Waals surface area contributed by atoms with Gasteiger partial charge in [-0.15, -0.1) is 17.8 Å². The number of nitrogens with zero attached hydrogens (tertiary/aromatic N) is 1. The lowest BCUT2D eigenvalue weighted by Gasteiger charge is -2.17. The van der Waals surface area contributed by atoms with Crippen molar-refractivity contribution in [3.63, 3.8) is 0 Å². The van der Waals surface area contributed by atoms with Gasteiger partial charge in [-0.25, -0.2) is 0 Å². The van der Waals surface area contributed by atoms with Crippen molar-refractivity contribution in [2.75, 3.05) is 19.6 Å². The van der Waals surface area contributed by atoms with E-state index in [2.05, 4.69) is 42.1 Å². The van der Waals surface area contributed by atoms with Gasteiger partial charge in [-0.2, -0.15) is 0 Å². The molecule has 1 aromatic rings. The molecule has 0 amide bonds. The van der Waals surface area contributed by atoms with Gasteiger partial charge in [0.25, 0.3) is 0 Å². The molecule has 1 heterocycles. The number of thiophene rings is 1. The molecule has 3 heteroatoms. The molecule has 0 atom stereocenters. The molecule has 0 aliphatic carbocycles. The molecule has 2 nitrogen and oxygen atoms in total. The van der Waals surface area contributed by atoms with Gasteiger partial charge in [-0.05, 0) is 38.1 Å². The summed E-state index contributed by atoms with van der Waals surface area (Å²) in [4.78, 5) is 5.15. The number of nitrogens with one attached hydrogen (secondary N) is 1. The van der Waals surface area contributed by atoms with Crippen LogP contribution in [0.2, 0.25) is 0 Å². The van der Waals surface area contributed by atoms with Crippen molar-refractivity contribution < 1.29 is 0 Å². The lowest BCUT2D eigenvalue weighted by Crippen LogP contribution is -2.23. The Labute approximate surface area is 115 Å². The van der Waals surface area contributed by atoms with E-state index >= 15 is 0 Å². The Morgan fingerprint density at radius 3 is 2.72 bits per heavy atom. The fraction of sp³-hybridized carbons (Fsp3) is 0.600. The summed E-state index contributed by atoms with van der Waals surface area (Å²) in [6.45, 7) is 9.26. The highest BCUT2D eigenvalue weighted by molar-refractivity contribution is 7.11. The normalized spacial score (nSPS) is 10.8. The molecule has 1 aromatic heterocycles. The lowest BCUT2D eigenvalue weighted by molar-refractivity contribution is 0.302. The molecule has 0 aliphatic heterocycles. The van der Waals surface area contributed by atoms with Crippen LogP contribution in [0.25, 0.3) is 0 Å². The minimum Gasteiger partial charge on any atom is -0.312 e. The van der Waals surface area contributed by atoms with Crippen LogP contribution in [-0.2, 0) is 13.1 Å². The van der Waals surface area contributed by atoms with Crippen molar-refractivity contribution >= 4 is 11.3 Å². The summed E-state index contributed by atoms with van der Waals surface area (Å²) in [6, 6.07) is 4.45. The number of terminal acetylenes is 1. The zero-order valence-electron chi connectivity index (χ0n) is 11.5. The first-order valence-corrected chi connectivity index (χ1v) is 7.55. The maximum Gasteiger partial charge on any atom is 0.0602 e. The minimum atomic E-state index is 0.745. The molecule has 0 saturated carbocycles. The predicted octanol–water partition coefficient (Wildman–Crippen LogP) is 3.09. The minimum absolute atomic E-state index is 0.745. The molecule has 100 valence electrons. The number of hydrogen-bond donors (Lipinski definition) is 1. The monoisotopic (exact) mass is 264 g/mol. The first-order chi connectivity index (χ1) is 8.80. The third-order valence-corrected chi connectivity index (χ3v) is 3.75. The Hall–Kier alpha value is -0.820. The van der Waals surface area contributed by atoms with Crippen molar-refractivity contribution in [3.05, 3.63) is 21.9 Å². The highest BCUT2D eigenvalue weighted by atomic mass is 32.1. The third kappa shape index (κ3) is 5.68. The topological polar surface area (TPSA) is 15.3 Å². The standard InChI is InChI=1S/C15H24N2S/c1-4-9-16-12-14-7-8-15(18-14)13-17(10-5-2)11-6-3/h2,7-8,16H,4,6,9-13H2,1,3H3. The Bertz CT molecular complexity index is 365. The van der Waals surface area contributed by atoms with E-state index in [4.69, 9.17) is 6.42 Å². The van der Waals surface area contributed by atoms with E-state index in [1.54, 1.807) is 0 Å². The van der Waals surface area contributed by atoms with Crippen LogP contribution in [0.3, 0.4) is 0 Å². The van der Waals surface area contributed by atoms with E-state index in [1.165, 1.54) is 16.2 Å². The van der Waals surface area contributed by atoms with Gasteiger partial charge in [0.15, 0.2) is 0 Å². The first-order valence-electron chi connectivity index (χ1n) is 6.74. The second kappa shape index (κ2) is 9.16. The Kier molecular flexibility index (Phi) is 7.75. The number of hydrogen-bond acceptors (Lipinski definition) is 3. The van der Waals surface area contributed by atoms with E-state index < -0.39 is 0 Å². The van der Waals surface area contributed by atoms with Gasteiger partial charge >= 0.3 is 0 Å². The van der Waals surface area contributed by atoms with Crippen LogP contribution in [0.5, 0.6) is 0 Å². The molecule has 0 aliphatic rings. The zero-order valence-corrected chi connectivity index (χ0v) is 12.4. The van der Waals surface area contributed by atoms with Crippen molar-refractivity contribution in [1.82, 2.24) is 10.2 Å². The van der Waals surface area contributed by atoms with Gasteiger partial charge in [0, 0.05) is 22.8 Å². The summed E-state index contributed by atoms with van der Waals surface area (Å²) in [5.41, 5.74) is 0. The van der Waals surface area contributed by atoms with Crippen molar-refractivity contribution in [2.24, 2.45) is 0 Å². The average Bonchev–Trinajstić information content (AvgIpc) is 2.78. The van der Waals surface area contributed by atoms with Gasteiger partial charge in [0.05, 0.1) is 6.54 Å². The summed E-state index contributed by atoms with van der Waals surface area (Å²) in [5.74, 6) is 2.74. The molecule has 1 rings (SSSR count). The van der Waals surface area contributed by atoms with Gasteiger partial charge < -0.3 is 5.32 Å². The molecule has 0 unspecified atom stereocenters. The molecule has 0 fully saturated rings. The first kappa shape index (κ1) is 15.2. The molecular weight excluding hydrogens is 240 g/mol. The smallest absolute Gasteiger partial charge is 0.0602 e. The molecule has 0 radical (unpaired) electrons. The van der Waals surface area contributed by atoms with Gasteiger partial charge in [-0.3, -0.25) is 4.90 Å². The molecule has 18 heavy (non-hydrogen) atoms. The fourth-order valence-electron chi connectivity index (χ4n) is 1.87. The Morgan fingerprint density at radius 1 is 1.28 bits per heavy atom.